The second-order valence-corrected chi connectivity index (χ2v) is 8.58. The quantitative estimate of drug-likeness (QED) is 0.374. The molecule has 3 amide bonds. The van der Waals surface area contributed by atoms with Gasteiger partial charge in [0.05, 0.1) is 16.9 Å². The van der Waals surface area contributed by atoms with Gasteiger partial charge >= 0.3 is 6.18 Å². The van der Waals surface area contributed by atoms with E-state index in [1.807, 2.05) is 0 Å². The van der Waals surface area contributed by atoms with E-state index in [0.717, 1.165) is 17.0 Å². The maximum Gasteiger partial charge on any atom is 0.418 e. The number of amides is 3. The molecule has 0 spiro atoms. The van der Waals surface area contributed by atoms with E-state index in [-0.39, 0.29) is 27.7 Å². The molecular formula is C25H16Cl2F3N3O3. The van der Waals surface area contributed by atoms with E-state index in [4.69, 9.17) is 23.2 Å². The maximum atomic E-state index is 13.3. The Bertz CT molecular complexity index is 1420. The number of alkyl halides is 3. The summed E-state index contributed by atoms with van der Waals surface area (Å²) in [6, 6.07) is 14.9. The van der Waals surface area contributed by atoms with Crippen LogP contribution in [0.25, 0.3) is 0 Å². The zero-order valence-corrected chi connectivity index (χ0v) is 19.9. The van der Waals surface area contributed by atoms with E-state index >= 15 is 0 Å². The Hall–Kier alpha value is -3.82. The van der Waals surface area contributed by atoms with Crippen LogP contribution in [0.2, 0.25) is 5.02 Å². The van der Waals surface area contributed by atoms with Gasteiger partial charge in [-0.1, -0.05) is 41.4 Å². The molecule has 0 aromatic heterocycles. The average Bonchev–Trinajstić information content (AvgIpc) is 3.03. The third-order valence-corrected chi connectivity index (χ3v) is 5.95. The second kappa shape index (κ2) is 9.67. The highest BCUT2D eigenvalue weighted by molar-refractivity contribution is 6.53. The molecule has 0 saturated carbocycles. The van der Waals surface area contributed by atoms with Crippen molar-refractivity contribution in [2.45, 2.75) is 13.1 Å². The van der Waals surface area contributed by atoms with E-state index in [2.05, 4.69) is 10.6 Å². The van der Waals surface area contributed by atoms with E-state index in [1.54, 1.807) is 13.0 Å². The molecular weight excluding hydrogens is 518 g/mol. The van der Waals surface area contributed by atoms with Gasteiger partial charge in [-0.05, 0) is 61.0 Å². The predicted octanol–water partition coefficient (Wildman–Crippen LogP) is 6.36. The molecule has 0 saturated heterocycles. The Morgan fingerprint density at radius 3 is 2.22 bits per heavy atom. The number of imide groups is 1. The summed E-state index contributed by atoms with van der Waals surface area (Å²) in [5.74, 6) is -2.27. The van der Waals surface area contributed by atoms with Crippen molar-refractivity contribution in [3.05, 3.63) is 99.2 Å². The first-order valence-electron chi connectivity index (χ1n) is 10.4. The van der Waals surface area contributed by atoms with Gasteiger partial charge in [0.2, 0.25) is 0 Å². The van der Waals surface area contributed by atoms with Crippen molar-refractivity contribution in [3.8, 4) is 0 Å². The van der Waals surface area contributed by atoms with Gasteiger partial charge in [-0.3, -0.25) is 14.4 Å². The number of aryl methyl sites for hydroxylation is 1. The van der Waals surface area contributed by atoms with Gasteiger partial charge in [0.25, 0.3) is 17.7 Å². The molecule has 36 heavy (non-hydrogen) atoms. The molecule has 0 bridgehead atoms. The number of hydrogen-bond donors (Lipinski definition) is 2. The van der Waals surface area contributed by atoms with E-state index in [9.17, 15) is 27.6 Å². The lowest BCUT2D eigenvalue weighted by Crippen LogP contribution is -2.32. The van der Waals surface area contributed by atoms with E-state index < -0.39 is 35.1 Å². The fourth-order valence-corrected chi connectivity index (χ4v) is 3.84. The van der Waals surface area contributed by atoms with Crippen molar-refractivity contribution in [1.82, 2.24) is 0 Å². The van der Waals surface area contributed by atoms with Crippen molar-refractivity contribution in [2.24, 2.45) is 0 Å². The van der Waals surface area contributed by atoms with Crippen LogP contribution in [0.4, 0.5) is 30.2 Å². The summed E-state index contributed by atoms with van der Waals surface area (Å²) in [6.07, 6.45) is -4.65. The molecule has 184 valence electrons. The third kappa shape index (κ3) is 4.93. The smallest absolute Gasteiger partial charge is 0.349 e. The molecule has 2 N–H and O–H groups in total. The van der Waals surface area contributed by atoms with Crippen molar-refractivity contribution in [3.63, 3.8) is 0 Å². The Morgan fingerprint density at radius 1 is 0.889 bits per heavy atom. The molecule has 1 aliphatic heterocycles. The molecule has 0 atom stereocenters. The monoisotopic (exact) mass is 533 g/mol. The average molecular weight is 534 g/mol. The van der Waals surface area contributed by atoms with Gasteiger partial charge in [0, 0.05) is 16.3 Å². The summed E-state index contributed by atoms with van der Waals surface area (Å²) < 4.78 is 39.8. The van der Waals surface area contributed by atoms with Gasteiger partial charge in [0.1, 0.15) is 10.7 Å². The van der Waals surface area contributed by atoms with Crippen LogP contribution in [0.5, 0.6) is 0 Å². The third-order valence-electron chi connectivity index (χ3n) is 5.35. The molecule has 4 rings (SSSR count). The molecule has 0 aliphatic carbocycles. The fraction of sp³-hybridized carbons (Fsp3) is 0.0800. The summed E-state index contributed by atoms with van der Waals surface area (Å²) >= 11 is 12.0. The first-order valence-corrected chi connectivity index (χ1v) is 11.1. The molecule has 1 aliphatic rings. The summed E-state index contributed by atoms with van der Waals surface area (Å²) in [7, 11) is 0. The Balaban J connectivity index is 1.59. The Morgan fingerprint density at radius 2 is 1.56 bits per heavy atom. The molecule has 0 radical (unpaired) electrons. The molecule has 11 heteroatoms. The van der Waals surface area contributed by atoms with Gasteiger partial charge in [0.15, 0.2) is 0 Å². The Labute approximate surface area is 213 Å². The number of benzene rings is 3. The first kappa shape index (κ1) is 25.3. The highest BCUT2D eigenvalue weighted by Crippen LogP contribution is 2.35. The molecule has 3 aromatic carbocycles. The number of hydrogen-bond acceptors (Lipinski definition) is 4. The zero-order valence-electron chi connectivity index (χ0n) is 18.4. The SMILES string of the molecule is Cc1ccc(C(=O)Nc2ccccc2C(F)(F)F)cc1NC1=C(Cl)C(=O)N(c2ccc(Cl)cc2)C1=O. The van der Waals surface area contributed by atoms with Crippen LogP contribution in [0.3, 0.4) is 0 Å². The van der Waals surface area contributed by atoms with Gasteiger partial charge in [-0.2, -0.15) is 13.2 Å². The number of nitrogens with one attached hydrogen (secondary N) is 2. The molecule has 1 heterocycles. The number of halogens is 5. The molecule has 6 nitrogen and oxygen atoms in total. The lowest BCUT2D eigenvalue weighted by atomic mass is 10.1. The molecule has 3 aromatic rings. The standard InChI is InChI=1S/C25H16Cl2F3N3O3/c1-13-6-7-14(22(34)32-18-5-3-2-4-17(18)25(28,29)30)12-19(13)31-21-20(27)23(35)33(24(21)36)16-10-8-15(26)9-11-16/h2-12,31H,1H3,(H,32,34). The van der Waals surface area contributed by atoms with Gasteiger partial charge in [-0.15, -0.1) is 0 Å². The Kier molecular flexibility index (Phi) is 6.79. The van der Waals surface area contributed by atoms with Crippen LogP contribution in [0, 0.1) is 6.92 Å². The molecule has 0 fully saturated rings. The second-order valence-electron chi connectivity index (χ2n) is 7.76. The number of rotatable bonds is 5. The van der Waals surface area contributed by atoms with Crippen molar-refractivity contribution in [1.29, 1.82) is 0 Å². The van der Waals surface area contributed by atoms with Crippen LogP contribution in [0.15, 0.2) is 77.5 Å². The molecule has 0 unspecified atom stereocenters. The van der Waals surface area contributed by atoms with Crippen LogP contribution in [0.1, 0.15) is 21.5 Å². The van der Waals surface area contributed by atoms with Crippen LogP contribution in [-0.4, -0.2) is 17.7 Å². The normalized spacial score (nSPS) is 13.9. The maximum absolute atomic E-state index is 13.3. The van der Waals surface area contributed by atoms with Gasteiger partial charge < -0.3 is 10.6 Å². The fourth-order valence-electron chi connectivity index (χ4n) is 3.50. The minimum atomic E-state index is -4.65. The summed E-state index contributed by atoms with van der Waals surface area (Å²) in [4.78, 5) is 39.3. The van der Waals surface area contributed by atoms with E-state index in [1.165, 1.54) is 48.5 Å². The van der Waals surface area contributed by atoms with Crippen molar-refractivity contribution in [2.75, 3.05) is 15.5 Å². The number of carbonyl (C=O) groups excluding carboxylic acids is 3. The minimum Gasteiger partial charge on any atom is -0.349 e. The number of anilines is 3. The predicted molar refractivity (Wildman–Crippen MR) is 131 cm³/mol. The number of carbonyl (C=O) groups is 3. The minimum absolute atomic E-state index is 0.0168. The highest BCUT2D eigenvalue weighted by atomic mass is 35.5. The summed E-state index contributed by atoms with van der Waals surface area (Å²) in [5.41, 5.74) is -0.465. The lowest BCUT2D eigenvalue weighted by molar-refractivity contribution is -0.137. The topological polar surface area (TPSA) is 78.5 Å². The highest BCUT2D eigenvalue weighted by Gasteiger charge is 2.39. The number of nitrogens with zero attached hydrogens (tertiary/aromatic N) is 1. The van der Waals surface area contributed by atoms with Crippen LogP contribution >= 0.6 is 23.2 Å². The van der Waals surface area contributed by atoms with Crippen LogP contribution < -0.4 is 15.5 Å². The summed E-state index contributed by atoms with van der Waals surface area (Å²) in [5, 5.41) is 5.12. The zero-order chi connectivity index (χ0) is 26.2. The largest absolute Gasteiger partial charge is 0.418 e. The van der Waals surface area contributed by atoms with Crippen molar-refractivity contribution < 1.29 is 27.6 Å². The van der Waals surface area contributed by atoms with E-state index in [0.29, 0.717) is 10.6 Å². The lowest BCUT2D eigenvalue weighted by Gasteiger charge is -2.16. The first-order chi connectivity index (χ1) is 17.0. The summed E-state index contributed by atoms with van der Waals surface area (Å²) in [6.45, 7) is 1.68. The van der Waals surface area contributed by atoms with Gasteiger partial charge in [-0.25, -0.2) is 4.90 Å². The van der Waals surface area contributed by atoms with Crippen LogP contribution in [-0.2, 0) is 15.8 Å². The number of para-hydroxylation sites is 1. The van der Waals surface area contributed by atoms with Crippen molar-refractivity contribution >= 4 is 58.0 Å².